The van der Waals surface area contributed by atoms with Crippen molar-refractivity contribution in [2.75, 3.05) is 20.0 Å². The third kappa shape index (κ3) is 3.77. The van der Waals surface area contributed by atoms with E-state index in [9.17, 15) is 10.1 Å². The lowest BCUT2D eigenvalue weighted by atomic mass is 9.77. The summed E-state index contributed by atoms with van der Waals surface area (Å²) in [5.41, 5.74) is 1.83. The van der Waals surface area contributed by atoms with Crippen molar-refractivity contribution in [3.05, 3.63) is 53.1 Å². The van der Waals surface area contributed by atoms with Gasteiger partial charge in [0.15, 0.2) is 0 Å². The molecule has 0 N–H and O–H groups in total. The van der Waals surface area contributed by atoms with Crippen molar-refractivity contribution in [2.24, 2.45) is 10.9 Å². The minimum atomic E-state index is -0.679. The first-order chi connectivity index (χ1) is 12.1. The van der Waals surface area contributed by atoms with Gasteiger partial charge in [-0.2, -0.15) is 5.26 Å². The molecule has 0 fully saturated rings. The number of carbonyl (C=O) groups is 1. The average molecular weight is 356 g/mol. The first kappa shape index (κ1) is 18.8. The zero-order valence-corrected chi connectivity index (χ0v) is 15.3. The van der Waals surface area contributed by atoms with Gasteiger partial charge < -0.3 is 9.47 Å². The Labute approximate surface area is 152 Å². The van der Waals surface area contributed by atoms with Crippen LogP contribution in [-0.2, 0) is 9.53 Å². The van der Waals surface area contributed by atoms with Crippen LogP contribution in [0.2, 0.25) is 0 Å². The maximum absolute atomic E-state index is 12.7. The van der Waals surface area contributed by atoms with Crippen LogP contribution in [0.25, 0.3) is 0 Å². The number of carbonyl (C=O) groups excluding carboxylic acids is 1. The molecule has 0 bridgehead atoms. The summed E-state index contributed by atoms with van der Waals surface area (Å²) >= 11 is 1.39. The van der Waals surface area contributed by atoms with E-state index in [0.29, 0.717) is 22.1 Å². The molecule has 1 heterocycles. The zero-order valence-electron chi connectivity index (χ0n) is 14.5. The van der Waals surface area contributed by atoms with Crippen molar-refractivity contribution in [1.29, 1.82) is 5.26 Å². The summed E-state index contributed by atoms with van der Waals surface area (Å²) in [4.78, 5) is 17.1. The van der Waals surface area contributed by atoms with Crippen LogP contribution < -0.4 is 4.74 Å². The van der Waals surface area contributed by atoms with E-state index in [1.807, 2.05) is 30.5 Å². The van der Waals surface area contributed by atoms with E-state index >= 15 is 0 Å². The van der Waals surface area contributed by atoms with E-state index in [1.165, 1.54) is 17.8 Å². The van der Waals surface area contributed by atoms with Crippen LogP contribution in [0.15, 0.2) is 52.5 Å². The summed E-state index contributed by atoms with van der Waals surface area (Å²) in [5.74, 6) is -0.984. The van der Waals surface area contributed by atoms with Gasteiger partial charge in [-0.05, 0) is 19.2 Å². The molecule has 1 aliphatic rings. The van der Waals surface area contributed by atoms with Crippen molar-refractivity contribution in [1.82, 2.24) is 0 Å². The molecule has 1 aromatic rings. The Morgan fingerprint density at radius 2 is 2.20 bits per heavy atom. The molecule has 5 nitrogen and oxygen atoms in total. The van der Waals surface area contributed by atoms with Crippen molar-refractivity contribution in [2.45, 2.75) is 12.8 Å². The van der Waals surface area contributed by atoms with Crippen molar-refractivity contribution >= 4 is 23.4 Å². The van der Waals surface area contributed by atoms with Gasteiger partial charge in [0.2, 0.25) is 0 Å². The second-order valence-corrected chi connectivity index (χ2v) is 6.20. The number of allylic oxidation sites excluding steroid dienone is 1. The number of para-hydroxylation sites is 1. The maximum atomic E-state index is 12.7. The van der Waals surface area contributed by atoms with E-state index in [1.54, 1.807) is 14.0 Å². The number of hydrogen-bond acceptors (Lipinski definition) is 6. The monoisotopic (exact) mass is 356 g/mol. The highest BCUT2D eigenvalue weighted by molar-refractivity contribution is 8.02. The number of nitriles is 1. The van der Waals surface area contributed by atoms with Crippen LogP contribution in [0.1, 0.15) is 18.4 Å². The van der Waals surface area contributed by atoms with Crippen LogP contribution in [0.4, 0.5) is 0 Å². The number of hydrogen-bond donors (Lipinski definition) is 0. The van der Waals surface area contributed by atoms with Gasteiger partial charge in [0, 0.05) is 17.2 Å². The highest BCUT2D eigenvalue weighted by Crippen LogP contribution is 2.44. The van der Waals surface area contributed by atoms with E-state index < -0.39 is 17.8 Å². The van der Waals surface area contributed by atoms with Gasteiger partial charge >= 0.3 is 5.97 Å². The molecule has 1 unspecified atom stereocenters. The molecule has 0 radical (unpaired) electrons. The normalized spacial score (nSPS) is 19.7. The fourth-order valence-corrected chi connectivity index (χ4v) is 3.53. The van der Waals surface area contributed by atoms with Crippen LogP contribution in [0, 0.1) is 17.2 Å². The number of nitrogens with zero attached hydrogens (tertiary/aromatic N) is 2. The highest BCUT2D eigenvalue weighted by Gasteiger charge is 2.41. The van der Waals surface area contributed by atoms with Gasteiger partial charge in [-0.15, -0.1) is 11.8 Å². The molecular weight excluding hydrogens is 336 g/mol. The Morgan fingerprint density at radius 3 is 2.80 bits per heavy atom. The summed E-state index contributed by atoms with van der Waals surface area (Å²) in [6.45, 7) is 5.46. The molecule has 0 spiro atoms. The van der Waals surface area contributed by atoms with Crippen molar-refractivity contribution in [3.8, 4) is 11.8 Å². The minimum Gasteiger partial charge on any atom is -0.496 e. The van der Waals surface area contributed by atoms with Gasteiger partial charge in [-0.3, -0.25) is 4.79 Å². The maximum Gasteiger partial charge on any atom is 0.315 e. The smallest absolute Gasteiger partial charge is 0.315 e. The van der Waals surface area contributed by atoms with Crippen molar-refractivity contribution in [3.63, 3.8) is 0 Å². The second-order valence-electron chi connectivity index (χ2n) is 5.40. The fourth-order valence-electron chi connectivity index (χ4n) is 2.90. The van der Waals surface area contributed by atoms with Gasteiger partial charge in [-0.25, -0.2) is 4.99 Å². The number of aliphatic imine (C=N–C) groups is 1. The molecule has 0 saturated carbocycles. The largest absolute Gasteiger partial charge is 0.496 e. The molecule has 0 saturated heterocycles. The van der Waals surface area contributed by atoms with Gasteiger partial charge in [0.1, 0.15) is 23.3 Å². The molecule has 0 amide bonds. The molecule has 25 heavy (non-hydrogen) atoms. The van der Waals surface area contributed by atoms with Crippen LogP contribution in [-0.4, -0.2) is 31.7 Å². The molecule has 0 aliphatic carbocycles. The summed E-state index contributed by atoms with van der Waals surface area (Å²) in [6, 6.07) is 9.63. The third-order valence-electron chi connectivity index (χ3n) is 3.99. The molecule has 6 heteroatoms. The average Bonchev–Trinajstić information content (AvgIpc) is 2.64. The number of benzene rings is 1. The van der Waals surface area contributed by atoms with E-state index in [4.69, 9.17) is 9.47 Å². The SMILES string of the molecule is C=CCOC(=O)C1C(C)=NC(SC)=C(C#N)[C@H]1c1ccccc1OC. The molecule has 130 valence electrons. The Bertz CT molecular complexity index is 777. The fraction of sp³-hybridized carbons (Fsp3) is 0.316. The number of esters is 1. The Kier molecular flexibility index (Phi) is 6.43. The first-order valence-electron chi connectivity index (χ1n) is 7.72. The predicted molar refractivity (Wildman–Crippen MR) is 99.6 cm³/mol. The lowest BCUT2D eigenvalue weighted by Crippen LogP contribution is -2.34. The molecule has 2 atom stereocenters. The van der Waals surface area contributed by atoms with E-state index in [2.05, 4.69) is 17.6 Å². The Morgan fingerprint density at radius 1 is 1.48 bits per heavy atom. The standard InChI is InChI=1S/C19H20N2O3S/c1-5-10-24-19(22)16-12(2)21-18(25-4)14(11-20)17(16)13-8-6-7-9-15(13)23-3/h5-9,16-17H,1,10H2,2-4H3/t16?,17-/m1/s1. The van der Waals surface area contributed by atoms with Crippen LogP contribution in [0.3, 0.4) is 0 Å². The lowest BCUT2D eigenvalue weighted by Gasteiger charge is -2.30. The molecular formula is C19H20N2O3S. The number of rotatable bonds is 6. The predicted octanol–water partition coefficient (Wildman–Crippen LogP) is 3.70. The summed E-state index contributed by atoms with van der Waals surface area (Å²) < 4.78 is 10.7. The summed E-state index contributed by atoms with van der Waals surface area (Å²) in [5, 5.41) is 10.4. The minimum absolute atomic E-state index is 0.113. The number of methoxy groups -OCH3 is 1. The molecule has 1 aliphatic heterocycles. The van der Waals surface area contributed by atoms with Gasteiger partial charge in [0.25, 0.3) is 0 Å². The Balaban J connectivity index is 2.63. The zero-order chi connectivity index (χ0) is 18.4. The first-order valence-corrected chi connectivity index (χ1v) is 8.95. The van der Waals surface area contributed by atoms with Crippen LogP contribution >= 0.6 is 11.8 Å². The van der Waals surface area contributed by atoms with E-state index in [0.717, 1.165) is 5.56 Å². The summed E-state index contributed by atoms with van der Waals surface area (Å²) in [7, 11) is 1.57. The molecule has 0 aromatic heterocycles. The topological polar surface area (TPSA) is 71.7 Å². The quantitative estimate of drug-likeness (QED) is 0.574. The second kappa shape index (κ2) is 8.54. The number of thioether (sulfide) groups is 1. The van der Waals surface area contributed by atoms with Crippen molar-refractivity contribution < 1.29 is 14.3 Å². The summed E-state index contributed by atoms with van der Waals surface area (Å²) in [6.07, 6.45) is 3.37. The van der Waals surface area contributed by atoms with Gasteiger partial charge in [0.05, 0.1) is 18.8 Å². The number of ether oxygens (including phenoxy) is 2. The highest BCUT2D eigenvalue weighted by atomic mass is 32.2. The molecule has 2 rings (SSSR count). The molecule has 1 aromatic carbocycles. The lowest BCUT2D eigenvalue weighted by molar-refractivity contribution is -0.145. The van der Waals surface area contributed by atoms with Crippen LogP contribution in [0.5, 0.6) is 5.75 Å². The van der Waals surface area contributed by atoms with Gasteiger partial charge in [-0.1, -0.05) is 30.9 Å². The third-order valence-corrected chi connectivity index (χ3v) is 4.69. The van der Waals surface area contributed by atoms with E-state index in [-0.39, 0.29) is 6.61 Å². The Hall–Kier alpha value is -2.52.